The van der Waals surface area contributed by atoms with Gasteiger partial charge in [-0.2, -0.15) is 23.3 Å². The Bertz CT molecular complexity index is 1280. The molecule has 0 bridgehead atoms. The first kappa shape index (κ1) is 25.5. The van der Waals surface area contributed by atoms with Crippen LogP contribution in [-0.2, 0) is 6.18 Å². The van der Waals surface area contributed by atoms with Gasteiger partial charge in [0, 0.05) is 16.8 Å². The second-order valence-corrected chi connectivity index (χ2v) is 8.50. The van der Waals surface area contributed by atoms with Crippen molar-refractivity contribution in [2.75, 3.05) is 5.32 Å². The molecule has 1 heterocycles. The van der Waals surface area contributed by atoms with Gasteiger partial charge in [0.25, 0.3) is 5.91 Å². The average Bonchev–Trinajstić information content (AvgIpc) is 3.42. The highest BCUT2D eigenvalue weighted by molar-refractivity contribution is 6.31. The normalized spacial score (nSPS) is 14.8. The Morgan fingerprint density at radius 2 is 1.72 bits per heavy atom. The summed E-state index contributed by atoms with van der Waals surface area (Å²) in [6.07, 6.45) is -2.07. The minimum atomic E-state index is -4.77. The van der Waals surface area contributed by atoms with Gasteiger partial charge in [-0.25, -0.2) is 17.9 Å². The van der Waals surface area contributed by atoms with Gasteiger partial charge < -0.3 is 5.32 Å². The van der Waals surface area contributed by atoms with E-state index in [1.54, 1.807) is 0 Å². The molecule has 0 aliphatic heterocycles. The first-order valence-electron chi connectivity index (χ1n) is 10.7. The fourth-order valence-electron chi connectivity index (χ4n) is 3.87. The van der Waals surface area contributed by atoms with Crippen LogP contribution >= 0.6 is 11.6 Å². The predicted octanol–water partition coefficient (Wildman–Crippen LogP) is 6.62. The Hall–Kier alpha value is -3.54. The largest absolute Gasteiger partial charge is 0.435 e. The van der Waals surface area contributed by atoms with Gasteiger partial charge in [0.1, 0.15) is 23.0 Å². The number of rotatable bonds is 4. The molecule has 1 amide bonds. The third kappa shape index (κ3) is 5.81. The molecule has 2 aromatic carbocycles. The number of aliphatic imine (C=N–C) groups is 1. The maximum Gasteiger partial charge on any atom is 0.435 e. The third-order valence-electron chi connectivity index (χ3n) is 5.45. The summed E-state index contributed by atoms with van der Waals surface area (Å²) in [5, 5.41) is 8.32. The lowest BCUT2D eigenvalue weighted by atomic mass is 10.2. The number of benzene rings is 2. The molecular formula is C23H18ClF6N5O. The van der Waals surface area contributed by atoms with Gasteiger partial charge in [-0.3, -0.25) is 10.1 Å². The van der Waals surface area contributed by atoms with Crippen molar-refractivity contribution in [3.8, 4) is 0 Å². The molecule has 1 aliphatic rings. The van der Waals surface area contributed by atoms with E-state index in [1.807, 2.05) is 0 Å². The molecule has 0 spiro atoms. The van der Waals surface area contributed by atoms with Crippen molar-refractivity contribution in [1.29, 1.82) is 0 Å². The summed E-state index contributed by atoms with van der Waals surface area (Å²) in [6, 6.07) is 6.33. The average molecular weight is 530 g/mol. The van der Waals surface area contributed by atoms with E-state index < -0.39 is 46.8 Å². The van der Waals surface area contributed by atoms with Gasteiger partial charge in [-0.05, 0) is 43.2 Å². The number of hydrogen-bond acceptors (Lipinski definition) is 3. The van der Waals surface area contributed by atoms with Crippen LogP contribution in [0, 0.1) is 17.5 Å². The van der Waals surface area contributed by atoms with Crippen LogP contribution < -0.4 is 10.6 Å². The number of hydrogen-bond donors (Lipinski definition) is 2. The molecule has 1 aromatic heterocycles. The van der Waals surface area contributed by atoms with Gasteiger partial charge in [0.05, 0.1) is 6.04 Å². The van der Waals surface area contributed by atoms with Crippen LogP contribution in [0.3, 0.4) is 0 Å². The zero-order valence-electron chi connectivity index (χ0n) is 18.3. The molecule has 13 heteroatoms. The maximum atomic E-state index is 14.1. The van der Waals surface area contributed by atoms with E-state index >= 15 is 0 Å². The summed E-state index contributed by atoms with van der Waals surface area (Å²) in [4.78, 5) is 16.8. The topological polar surface area (TPSA) is 71.3 Å². The summed E-state index contributed by atoms with van der Waals surface area (Å²) in [5.41, 5.74) is -2.17. The van der Waals surface area contributed by atoms with Crippen molar-refractivity contribution in [2.24, 2.45) is 4.99 Å². The number of guanidine groups is 1. The second-order valence-electron chi connectivity index (χ2n) is 8.06. The molecule has 0 unspecified atom stereocenters. The van der Waals surface area contributed by atoms with Gasteiger partial charge in [-0.15, -0.1) is 0 Å². The Labute approximate surface area is 206 Å². The third-order valence-corrected chi connectivity index (χ3v) is 5.67. The predicted molar refractivity (Wildman–Crippen MR) is 121 cm³/mol. The van der Waals surface area contributed by atoms with E-state index in [0.29, 0.717) is 18.9 Å². The number of nitrogens with zero attached hydrogens (tertiary/aromatic N) is 3. The Kier molecular flexibility index (Phi) is 7.25. The summed E-state index contributed by atoms with van der Waals surface area (Å²) >= 11 is 5.86. The molecule has 1 aliphatic carbocycles. The number of aromatic nitrogens is 2. The summed E-state index contributed by atoms with van der Waals surface area (Å²) in [7, 11) is 0. The molecule has 4 rings (SSSR count). The number of halogens is 7. The standard InChI is InChI=1S/C23H18ClF6N5O/c24-12-8-13(25)10-14(9-12)31-22(33-21(36)20-16(26)6-3-7-17(20)27)32-19-11-18(23(28,29)30)34-35(19)15-4-1-2-5-15/h3,6-11,15H,1-2,4-5H2,(H2,31,32,33,36). The fraction of sp³-hybridized carbons (Fsp3) is 0.261. The van der Waals surface area contributed by atoms with Crippen molar-refractivity contribution in [3.63, 3.8) is 0 Å². The van der Waals surface area contributed by atoms with E-state index in [0.717, 1.165) is 47.9 Å². The maximum absolute atomic E-state index is 14.1. The molecule has 1 saturated carbocycles. The lowest BCUT2D eigenvalue weighted by Gasteiger charge is -2.15. The van der Waals surface area contributed by atoms with E-state index in [1.165, 1.54) is 6.07 Å². The zero-order valence-corrected chi connectivity index (χ0v) is 19.1. The van der Waals surface area contributed by atoms with Crippen molar-refractivity contribution >= 4 is 35.0 Å². The minimum absolute atomic E-state index is 0.0290. The first-order valence-corrected chi connectivity index (χ1v) is 11.1. The molecule has 36 heavy (non-hydrogen) atoms. The van der Waals surface area contributed by atoms with E-state index in [-0.39, 0.29) is 22.6 Å². The van der Waals surface area contributed by atoms with Crippen molar-refractivity contribution in [3.05, 3.63) is 76.2 Å². The van der Waals surface area contributed by atoms with Crippen LogP contribution in [0.5, 0.6) is 0 Å². The van der Waals surface area contributed by atoms with Gasteiger partial charge >= 0.3 is 6.18 Å². The van der Waals surface area contributed by atoms with Crippen LogP contribution in [0.15, 0.2) is 47.5 Å². The highest BCUT2D eigenvalue weighted by atomic mass is 35.5. The highest BCUT2D eigenvalue weighted by Gasteiger charge is 2.36. The molecule has 0 saturated heterocycles. The molecule has 3 aromatic rings. The fourth-order valence-corrected chi connectivity index (χ4v) is 4.10. The number of amides is 1. The quantitative estimate of drug-likeness (QED) is 0.227. The molecule has 2 N–H and O–H groups in total. The summed E-state index contributed by atoms with van der Waals surface area (Å²) in [6.45, 7) is 0. The van der Waals surface area contributed by atoms with Crippen molar-refractivity contribution < 1.29 is 31.1 Å². The van der Waals surface area contributed by atoms with Gasteiger partial charge in [0.2, 0.25) is 5.96 Å². The molecule has 0 radical (unpaired) electrons. The zero-order chi connectivity index (χ0) is 26.0. The Morgan fingerprint density at radius 3 is 2.33 bits per heavy atom. The second kappa shape index (κ2) is 10.2. The summed E-state index contributed by atoms with van der Waals surface area (Å²) in [5.74, 6) is -5.17. The Balaban J connectivity index is 1.78. The molecule has 1 fully saturated rings. The molecular weight excluding hydrogens is 512 g/mol. The number of anilines is 1. The van der Waals surface area contributed by atoms with Gasteiger partial charge in [-0.1, -0.05) is 30.5 Å². The van der Waals surface area contributed by atoms with Crippen LogP contribution in [0.4, 0.5) is 37.8 Å². The van der Waals surface area contributed by atoms with Gasteiger partial charge in [0.15, 0.2) is 11.5 Å². The Morgan fingerprint density at radius 1 is 1.06 bits per heavy atom. The van der Waals surface area contributed by atoms with Crippen LogP contribution in [0.1, 0.15) is 47.8 Å². The lowest BCUT2D eigenvalue weighted by Crippen LogP contribution is -2.37. The van der Waals surface area contributed by atoms with Crippen molar-refractivity contribution in [2.45, 2.75) is 37.9 Å². The lowest BCUT2D eigenvalue weighted by molar-refractivity contribution is -0.141. The summed E-state index contributed by atoms with van der Waals surface area (Å²) < 4.78 is 83.5. The van der Waals surface area contributed by atoms with E-state index in [9.17, 15) is 31.1 Å². The molecule has 190 valence electrons. The van der Waals surface area contributed by atoms with Crippen LogP contribution in [0.2, 0.25) is 5.02 Å². The number of nitrogens with one attached hydrogen (secondary N) is 2. The number of alkyl halides is 3. The van der Waals surface area contributed by atoms with Crippen molar-refractivity contribution in [1.82, 2.24) is 15.1 Å². The smallest absolute Gasteiger partial charge is 0.325 e. The van der Waals surface area contributed by atoms with E-state index in [4.69, 9.17) is 11.6 Å². The highest BCUT2D eigenvalue weighted by Crippen LogP contribution is 2.37. The van der Waals surface area contributed by atoms with Crippen LogP contribution in [-0.4, -0.2) is 21.6 Å². The number of carbonyl (C=O) groups is 1. The first-order chi connectivity index (χ1) is 17.0. The number of carbonyl (C=O) groups excluding carboxylic acids is 1. The molecule has 0 atom stereocenters. The monoisotopic (exact) mass is 529 g/mol. The minimum Gasteiger partial charge on any atom is -0.325 e. The SMILES string of the molecule is O=C(N/C(=N/c1cc(C(F)(F)F)nn1C1CCCC1)Nc1cc(F)cc(Cl)c1)c1c(F)cccc1F. The molecule has 6 nitrogen and oxygen atoms in total. The van der Waals surface area contributed by atoms with E-state index in [2.05, 4.69) is 20.7 Å². The van der Waals surface area contributed by atoms with Crippen LogP contribution in [0.25, 0.3) is 0 Å².